The van der Waals surface area contributed by atoms with Crippen molar-refractivity contribution in [3.8, 4) is 11.5 Å². The highest BCUT2D eigenvalue weighted by Crippen LogP contribution is 2.31. The molecule has 0 N–H and O–H groups in total. The molecule has 1 amide bonds. The summed E-state index contributed by atoms with van der Waals surface area (Å²) in [5, 5.41) is 0. The van der Waals surface area contributed by atoms with E-state index in [2.05, 4.69) is 0 Å². The van der Waals surface area contributed by atoms with Crippen molar-refractivity contribution in [3.05, 3.63) is 23.3 Å². The van der Waals surface area contributed by atoms with E-state index in [0.717, 1.165) is 0 Å². The Labute approximate surface area is 142 Å². The number of benzene rings is 1. The summed E-state index contributed by atoms with van der Waals surface area (Å²) >= 11 is 0. The van der Waals surface area contributed by atoms with Gasteiger partial charge in [-0.25, -0.2) is 0 Å². The van der Waals surface area contributed by atoms with Crippen molar-refractivity contribution >= 4 is 11.9 Å². The van der Waals surface area contributed by atoms with Crippen molar-refractivity contribution < 1.29 is 23.2 Å². The lowest BCUT2D eigenvalue weighted by Gasteiger charge is -2.31. The lowest BCUT2D eigenvalue weighted by atomic mass is 10.1. The summed E-state index contributed by atoms with van der Waals surface area (Å²) in [4.78, 5) is 26.6. The Morgan fingerprint density at radius 3 is 2.26 bits per heavy atom. The summed E-state index contributed by atoms with van der Waals surface area (Å²) in [7, 11) is 1.38. The topological polar surface area (TPSA) is 55.8 Å². The van der Waals surface area contributed by atoms with E-state index in [-0.39, 0.29) is 41.1 Å². The van der Waals surface area contributed by atoms with Gasteiger partial charge in [-0.3, -0.25) is 9.59 Å². The SMILES string of the molecule is [2H]C([2H])([2H])c1cc(OC)cc(C(=O)N(C(C)C)C(C)C)c1OC(=O)CC. The molecule has 0 saturated carbocycles. The molecule has 0 atom stereocenters. The molecule has 1 rings (SSSR count). The lowest BCUT2D eigenvalue weighted by molar-refractivity contribution is -0.134. The molecular weight excluding hydrogens is 294 g/mol. The molecule has 0 bridgehead atoms. The van der Waals surface area contributed by atoms with E-state index in [1.165, 1.54) is 19.2 Å². The molecule has 5 heteroatoms. The smallest absolute Gasteiger partial charge is 0.310 e. The van der Waals surface area contributed by atoms with E-state index in [4.69, 9.17) is 13.6 Å². The highest BCUT2D eigenvalue weighted by Gasteiger charge is 2.27. The van der Waals surface area contributed by atoms with Crippen LogP contribution >= 0.6 is 0 Å². The Morgan fingerprint density at radius 2 is 1.83 bits per heavy atom. The molecule has 0 aromatic heterocycles. The molecule has 23 heavy (non-hydrogen) atoms. The zero-order valence-corrected chi connectivity index (χ0v) is 14.6. The van der Waals surface area contributed by atoms with Crippen LogP contribution in [-0.4, -0.2) is 36.0 Å². The number of ether oxygens (including phenoxy) is 2. The summed E-state index contributed by atoms with van der Waals surface area (Å²) in [6.07, 6.45) is 0.0537. The second-order valence-corrected chi connectivity index (χ2v) is 5.78. The average molecular weight is 324 g/mol. The van der Waals surface area contributed by atoms with Crippen LogP contribution < -0.4 is 9.47 Å². The number of hydrogen-bond acceptors (Lipinski definition) is 4. The minimum absolute atomic E-state index is 0.000301. The summed E-state index contributed by atoms with van der Waals surface area (Å²) in [6.45, 7) is 6.46. The molecule has 0 radical (unpaired) electrons. The maximum atomic E-state index is 13.2. The molecule has 5 nitrogen and oxygen atoms in total. The van der Waals surface area contributed by atoms with Gasteiger partial charge in [0.1, 0.15) is 11.5 Å². The monoisotopic (exact) mass is 324 g/mol. The standard InChI is InChI=1S/C18H27NO4/c1-8-16(20)23-17-13(6)9-14(22-7)10-15(17)18(21)19(11(2)3)12(4)5/h9-12H,8H2,1-7H3/i6D3. The number of hydrogen-bond donors (Lipinski definition) is 0. The predicted molar refractivity (Wildman–Crippen MR) is 90.1 cm³/mol. The van der Waals surface area contributed by atoms with Gasteiger partial charge in [0, 0.05) is 22.6 Å². The van der Waals surface area contributed by atoms with Crippen LogP contribution in [0.5, 0.6) is 11.5 Å². The average Bonchev–Trinajstić information content (AvgIpc) is 2.52. The number of esters is 1. The van der Waals surface area contributed by atoms with Crippen molar-refractivity contribution in [2.75, 3.05) is 7.11 Å². The fourth-order valence-electron chi connectivity index (χ4n) is 2.38. The normalized spacial score (nSPS) is 13.3. The first kappa shape index (κ1) is 14.5. The maximum absolute atomic E-state index is 13.2. The van der Waals surface area contributed by atoms with Crippen LogP contribution in [0.1, 0.15) is 61.1 Å². The molecule has 0 saturated heterocycles. The van der Waals surface area contributed by atoms with Crippen molar-refractivity contribution in [3.63, 3.8) is 0 Å². The Kier molecular flexibility index (Phi) is 5.06. The van der Waals surface area contributed by atoms with E-state index >= 15 is 0 Å². The molecular formula is C18H27NO4. The molecule has 0 aliphatic heterocycles. The van der Waals surface area contributed by atoms with Gasteiger partial charge >= 0.3 is 5.97 Å². The molecule has 128 valence electrons. The Balaban J connectivity index is 3.71. The summed E-state index contributed by atoms with van der Waals surface area (Å²) in [5.41, 5.74) is -0.228. The van der Waals surface area contributed by atoms with Crippen molar-refractivity contribution in [2.45, 2.75) is 60.0 Å². The van der Waals surface area contributed by atoms with E-state index in [9.17, 15) is 9.59 Å². The van der Waals surface area contributed by atoms with Crippen molar-refractivity contribution in [2.24, 2.45) is 0 Å². The van der Waals surface area contributed by atoms with Gasteiger partial charge in [0.05, 0.1) is 12.7 Å². The van der Waals surface area contributed by atoms with E-state index in [0.29, 0.717) is 0 Å². The minimum Gasteiger partial charge on any atom is -0.497 e. The second kappa shape index (κ2) is 7.99. The number of aryl methyl sites for hydroxylation is 1. The predicted octanol–water partition coefficient (Wildman–Crippen LogP) is 3.58. The fourth-order valence-corrected chi connectivity index (χ4v) is 2.38. The van der Waals surface area contributed by atoms with Crippen LogP contribution in [-0.2, 0) is 4.79 Å². The van der Waals surface area contributed by atoms with Crippen LogP contribution in [0.25, 0.3) is 0 Å². The van der Waals surface area contributed by atoms with Crippen LogP contribution in [0.4, 0.5) is 0 Å². The zero-order chi connectivity index (χ0) is 20.2. The Morgan fingerprint density at radius 1 is 1.22 bits per heavy atom. The highest BCUT2D eigenvalue weighted by atomic mass is 16.5. The van der Waals surface area contributed by atoms with E-state index < -0.39 is 18.7 Å². The molecule has 0 aliphatic rings. The Bertz CT molecular complexity index is 661. The van der Waals surface area contributed by atoms with E-state index in [1.807, 2.05) is 27.7 Å². The van der Waals surface area contributed by atoms with Gasteiger partial charge in [-0.05, 0) is 52.2 Å². The Hall–Kier alpha value is -2.04. The second-order valence-electron chi connectivity index (χ2n) is 5.78. The van der Waals surface area contributed by atoms with Gasteiger partial charge in [0.2, 0.25) is 0 Å². The summed E-state index contributed by atoms with van der Waals surface area (Å²) < 4.78 is 33.7. The first-order chi connectivity index (χ1) is 11.9. The van der Waals surface area contributed by atoms with Crippen LogP contribution in [0.15, 0.2) is 12.1 Å². The third-order valence-corrected chi connectivity index (χ3v) is 3.38. The summed E-state index contributed by atoms with van der Waals surface area (Å²) in [5.74, 6) is -1.05. The fraction of sp³-hybridized carbons (Fsp3) is 0.556. The van der Waals surface area contributed by atoms with Gasteiger partial charge in [-0.2, -0.15) is 0 Å². The quantitative estimate of drug-likeness (QED) is 0.593. The first-order valence-electron chi connectivity index (χ1n) is 9.19. The number of nitrogens with zero attached hydrogens (tertiary/aromatic N) is 1. The molecule has 1 aromatic rings. The summed E-state index contributed by atoms with van der Waals surface area (Å²) in [6, 6.07) is 2.43. The number of rotatable bonds is 6. The van der Waals surface area contributed by atoms with Gasteiger partial charge in [0.15, 0.2) is 0 Å². The largest absolute Gasteiger partial charge is 0.497 e. The van der Waals surface area contributed by atoms with Gasteiger partial charge < -0.3 is 14.4 Å². The number of carbonyl (C=O) groups excluding carboxylic acids is 2. The van der Waals surface area contributed by atoms with E-state index in [1.54, 1.807) is 11.8 Å². The van der Waals surface area contributed by atoms with Gasteiger partial charge in [-0.1, -0.05) is 6.92 Å². The molecule has 0 heterocycles. The molecule has 0 spiro atoms. The lowest BCUT2D eigenvalue weighted by Crippen LogP contribution is -2.42. The molecule has 0 unspecified atom stereocenters. The number of amides is 1. The number of methoxy groups -OCH3 is 1. The van der Waals surface area contributed by atoms with Crippen LogP contribution in [0.2, 0.25) is 0 Å². The van der Waals surface area contributed by atoms with Crippen LogP contribution in [0, 0.1) is 6.85 Å². The third-order valence-electron chi connectivity index (χ3n) is 3.38. The van der Waals surface area contributed by atoms with Crippen LogP contribution in [0.3, 0.4) is 0 Å². The number of carbonyl (C=O) groups is 2. The van der Waals surface area contributed by atoms with Crippen molar-refractivity contribution in [1.29, 1.82) is 0 Å². The first-order valence-corrected chi connectivity index (χ1v) is 7.69. The van der Waals surface area contributed by atoms with Crippen molar-refractivity contribution in [1.82, 2.24) is 4.90 Å². The third kappa shape index (κ3) is 4.47. The van der Waals surface area contributed by atoms with Gasteiger partial charge in [-0.15, -0.1) is 0 Å². The zero-order valence-electron chi connectivity index (χ0n) is 17.6. The highest BCUT2D eigenvalue weighted by molar-refractivity contribution is 5.99. The molecule has 1 aromatic carbocycles. The minimum atomic E-state index is -2.58. The maximum Gasteiger partial charge on any atom is 0.310 e. The van der Waals surface area contributed by atoms with Gasteiger partial charge in [0.25, 0.3) is 5.91 Å². The molecule has 0 aliphatic carbocycles. The molecule has 0 fully saturated rings.